The van der Waals surface area contributed by atoms with Crippen LogP contribution in [0.4, 0.5) is 15.3 Å². The third kappa shape index (κ3) is 6.75. The maximum atomic E-state index is 12.0. The highest BCUT2D eigenvalue weighted by atomic mass is 32.2. The maximum Gasteiger partial charge on any atom is 0.319 e. The van der Waals surface area contributed by atoms with Crippen molar-refractivity contribution in [2.75, 3.05) is 37.2 Å². The largest absolute Gasteiger partial charge is 0.338 e. The zero-order valence-corrected chi connectivity index (χ0v) is 17.8. The Kier molecular flexibility index (Phi) is 7.94. The average Bonchev–Trinajstić information content (AvgIpc) is 3.02. The third-order valence-electron chi connectivity index (χ3n) is 5.46. The number of carbonyl (C=O) groups is 3. The van der Waals surface area contributed by atoms with Gasteiger partial charge in [0.1, 0.15) is 0 Å². The van der Waals surface area contributed by atoms with Gasteiger partial charge in [0, 0.05) is 12.2 Å². The first-order chi connectivity index (χ1) is 14.0. The Bertz CT molecular complexity index is 701. The molecule has 2 fully saturated rings. The van der Waals surface area contributed by atoms with E-state index < -0.39 is 0 Å². The molecule has 0 bridgehead atoms. The highest BCUT2D eigenvalue weighted by Gasteiger charge is 2.29. The summed E-state index contributed by atoms with van der Waals surface area (Å²) in [6.45, 7) is 6.76. The van der Waals surface area contributed by atoms with Crippen molar-refractivity contribution >= 4 is 34.6 Å². The highest BCUT2D eigenvalue weighted by molar-refractivity contribution is 8.14. The van der Waals surface area contributed by atoms with Crippen LogP contribution in [0.15, 0.2) is 24.3 Å². The molecule has 1 aromatic rings. The second kappa shape index (κ2) is 10.6. The summed E-state index contributed by atoms with van der Waals surface area (Å²) in [5.41, 5.74) is 1.54. The summed E-state index contributed by atoms with van der Waals surface area (Å²) >= 11 is 1.03. The van der Waals surface area contributed by atoms with E-state index in [1.807, 2.05) is 12.1 Å². The fraction of sp³-hybridized carbons (Fsp3) is 0.571. The predicted octanol–water partition coefficient (Wildman–Crippen LogP) is 3.52. The van der Waals surface area contributed by atoms with Crippen molar-refractivity contribution in [1.82, 2.24) is 15.1 Å². The third-order valence-corrected chi connectivity index (χ3v) is 6.31. The number of rotatable bonds is 8. The lowest BCUT2D eigenvalue weighted by molar-refractivity contribution is -0.125. The van der Waals surface area contributed by atoms with Gasteiger partial charge in [-0.05, 0) is 68.9 Å². The van der Waals surface area contributed by atoms with Crippen LogP contribution in [0.25, 0.3) is 0 Å². The number of hydrogen-bond acceptors (Lipinski definition) is 5. The van der Waals surface area contributed by atoms with Crippen LogP contribution in [0.3, 0.4) is 0 Å². The minimum atomic E-state index is -0.217. The van der Waals surface area contributed by atoms with Crippen molar-refractivity contribution in [2.24, 2.45) is 5.92 Å². The molecule has 8 heteroatoms. The molecule has 0 spiro atoms. The van der Waals surface area contributed by atoms with Gasteiger partial charge in [0.2, 0.25) is 5.91 Å². The Hall–Kier alpha value is -2.06. The first-order valence-corrected chi connectivity index (χ1v) is 11.3. The van der Waals surface area contributed by atoms with E-state index in [4.69, 9.17) is 0 Å². The number of hydrogen-bond donors (Lipinski definition) is 2. The lowest BCUT2D eigenvalue weighted by atomic mass is 9.99. The van der Waals surface area contributed by atoms with Gasteiger partial charge >= 0.3 is 6.03 Å². The molecule has 2 heterocycles. The summed E-state index contributed by atoms with van der Waals surface area (Å²) in [7, 11) is 0. The van der Waals surface area contributed by atoms with Crippen molar-refractivity contribution < 1.29 is 14.4 Å². The van der Waals surface area contributed by atoms with E-state index in [0.29, 0.717) is 12.2 Å². The molecule has 2 aliphatic heterocycles. The first-order valence-electron chi connectivity index (χ1n) is 10.3. The number of carbonyl (C=O) groups excluding carboxylic acids is 3. The predicted molar refractivity (Wildman–Crippen MR) is 116 cm³/mol. The number of unbranched alkanes of at least 4 members (excludes halogenated alkanes) is 1. The lowest BCUT2D eigenvalue weighted by Gasteiger charge is -2.30. The molecular formula is C21H30N4O3S. The summed E-state index contributed by atoms with van der Waals surface area (Å²) in [6, 6.07) is 6.98. The number of urea groups is 1. The number of anilines is 1. The Morgan fingerprint density at radius 2 is 1.86 bits per heavy atom. The summed E-state index contributed by atoms with van der Waals surface area (Å²) in [4.78, 5) is 39.1. The van der Waals surface area contributed by atoms with Gasteiger partial charge < -0.3 is 15.5 Å². The van der Waals surface area contributed by atoms with Gasteiger partial charge in [-0.15, -0.1) is 0 Å². The molecule has 0 atom stereocenters. The second-order valence-corrected chi connectivity index (χ2v) is 8.77. The van der Waals surface area contributed by atoms with E-state index >= 15 is 0 Å². The number of imide groups is 1. The molecule has 29 heavy (non-hydrogen) atoms. The molecule has 2 N–H and O–H groups in total. The van der Waals surface area contributed by atoms with Crippen molar-refractivity contribution in [3.8, 4) is 0 Å². The topological polar surface area (TPSA) is 81.8 Å². The van der Waals surface area contributed by atoms with Gasteiger partial charge in [-0.1, -0.05) is 30.8 Å². The Balaban J connectivity index is 1.31. The summed E-state index contributed by atoms with van der Waals surface area (Å²) < 4.78 is 0. The number of likely N-dealkylation sites (tertiary alicyclic amines) is 1. The van der Waals surface area contributed by atoms with Crippen LogP contribution in [0, 0.1) is 5.92 Å². The maximum absolute atomic E-state index is 12.0. The number of thioether (sulfide) groups is 1. The smallest absolute Gasteiger partial charge is 0.319 e. The molecule has 0 aliphatic carbocycles. The number of piperidine rings is 1. The van der Waals surface area contributed by atoms with E-state index in [0.717, 1.165) is 42.6 Å². The molecular weight excluding hydrogens is 388 g/mol. The second-order valence-electron chi connectivity index (χ2n) is 7.84. The molecule has 2 saturated heterocycles. The highest BCUT2D eigenvalue weighted by Crippen LogP contribution is 2.22. The number of benzene rings is 1. The van der Waals surface area contributed by atoms with Crippen LogP contribution in [0.1, 0.15) is 38.2 Å². The monoisotopic (exact) mass is 418 g/mol. The zero-order chi connectivity index (χ0) is 20.6. The Labute approximate surface area is 176 Å². The van der Waals surface area contributed by atoms with Crippen molar-refractivity contribution in [3.63, 3.8) is 0 Å². The van der Waals surface area contributed by atoms with E-state index in [2.05, 4.69) is 22.5 Å². The summed E-state index contributed by atoms with van der Waals surface area (Å²) in [6.07, 6.45) is 4.65. The van der Waals surface area contributed by atoms with Gasteiger partial charge in [0.05, 0.1) is 12.3 Å². The summed E-state index contributed by atoms with van der Waals surface area (Å²) in [5, 5.41) is 5.50. The summed E-state index contributed by atoms with van der Waals surface area (Å²) in [5.74, 6) is 0.918. The molecule has 4 amide bonds. The molecule has 3 rings (SSSR count). The van der Waals surface area contributed by atoms with Crippen LogP contribution in [0.2, 0.25) is 0 Å². The van der Waals surface area contributed by atoms with Gasteiger partial charge in [0.25, 0.3) is 5.24 Å². The molecule has 7 nitrogen and oxygen atoms in total. The molecule has 1 aromatic carbocycles. The number of amides is 4. The van der Waals surface area contributed by atoms with Crippen molar-refractivity contribution in [2.45, 2.75) is 39.2 Å². The van der Waals surface area contributed by atoms with Gasteiger partial charge in [-0.3, -0.25) is 14.5 Å². The van der Waals surface area contributed by atoms with Crippen LogP contribution < -0.4 is 10.6 Å². The SMILES string of the molecule is CC1CCN(CCCCNC(=O)Nc2ccc(CN3C(=O)CSC3=O)cc2)CC1. The van der Waals surface area contributed by atoms with E-state index in [-0.39, 0.29) is 29.5 Å². The molecule has 0 aromatic heterocycles. The van der Waals surface area contributed by atoms with Gasteiger partial charge in [-0.25, -0.2) is 4.79 Å². The van der Waals surface area contributed by atoms with Crippen LogP contribution in [0.5, 0.6) is 0 Å². The normalized spacial score (nSPS) is 18.3. The molecule has 158 valence electrons. The average molecular weight is 419 g/mol. The van der Waals surface area contributed by atoms with E-state index in [1.54, 1.807) is 12.1 Å². The minimum absolute atomic E-state index is 0.156. The van der Waals surface area contributed by atoms with E-state index in [1.165, 1.54) is 30.8 Å². The number of nitrogens with one attached hydrogen (secondary N) is 2. The van der Waals surface area contributed by atoms with Crippen LogP contribution in [-0.2, 0) is 11.3 Å². The number of nitrogens with zero attached hydrogens (tertiary/aromatic N) is 2. The molecule has 0 saturated carbocycles. The Morgan fingerprint density at radius 3 is 2.52 bits per heavy atom. The van der Waals surface area contributed by atoms with Gasteiger partial charge in [-0.2, -0.15) is 0 Å². The fourth-order valence-electron chi connectivity index (χ4n) is 3.53. The first kappa shape index (κ1) is 21.6. The van der Waals surface area contributed by atoms with Crippen LogP contribution in [-0.4, -0.2) is 58.9 Å². The lowest BCUT2D eigenvalue weighted by Crippen LogP contribution is -2.34. The Morgan fingerprint density at radius 1 is 1.14 bits per heavy atom. The standard InChI is InChI=1S/C21H30N4O3S/c1-16-8-12-24(13-9-16)11-3-2-10-22-20(27)23-18-6-4-17(5-7-18)14-25-19(26)15-29-21(25)28/h4-7,16H,2-3,8-15H2,1H3,(H2,22,23,27). The quantitative estimate of drug-likeness (QED) is 0.632. The van der Waals surface area contributed by atoms with Crippen LogP contribution >= 0.6 is 11.8 Å². The molecule has 2 aliphatic rings. The van der Waals surface area contributed by atoms with Gasteiger partial charge in [0.15, 0.2) is 0 Å². The molecule has 0 radical (unpaired) electrons. The van der Waals surface area contributed by atoms with Crippen molar-refractivity contribution in [1.29, 1.82) is 0 Å². The van der Waals surface area contributed by atoms with E-state index in [9.17, 15) is 14.4 Å². The molecule has 0 unspecified atom stereocenters. The minimum Gasteiger partial charge on any atom is -0.338 e. The zero-order valence-electron chi connectivity index (χ0n) is 17.0. The van der Waals surface area contributed by atoms with Crippen molar-refractivity contribution in [3.05, 3.63) is 29.8 Å². The fourth-order valence-corrected chi connectivity index (χ4v) is 4.26.